The van der Waals surface area contributed by atoms with Crippen molar-refractivity contribution in [2.24, 2.45) is 0 Å². The summed E-state index contributed by atoms with van der Waals surface area (Å²) in [6, 6.07) is 10.1. The van der Waals surface area contributed by atoms with E-state index in [2.05, 4.69) is 9.24 Å². The van der Waals surface area contributed by atoms with Gasteiger partial charge in [-0.15, -0.1) is 9.24 Å². The smallest absolute Gasteiger partial charge is 0.0303 e. The van der Waals surface area contributed by atoms with Crippen LogP contribution in [0.3, 0.4) is 0 Å². The molecule has 1 aromatic rings. The molecule has 12 heavy (non-hydrogen) atoms. The second-order valence-electron chi connectivity index (χ2n) is 3.18. The standard InChI is InChI=1S/C6H7P.C5H10/c7-6-4-2-1-3-5-6;1-2-4-5-3-1/h1-5H,7H2;1-5H2. The van der Waals surface area contributed by atoms with E-state index in [1.807, 2.05) is 30.3 Å². The second-order valence-corrected chi connectivity index (χ2v) is 3.85. The van der Waals surface area contributed by atoms with Crippen LogP contribution in [0.25, 0.3) is 0 Å². The van der Waals surface area contributed by atoms with Gasteiger partial charge in [0.25, 0.3) is 0 Å². The van der Waals surface area contributed by atoms with Crippen molar-refractivity contribution in [3.63, 3.8) is 0 Å². The normalized spacial score (nSPS) is 15.1. The van der Waals surface area contributed by atoms with Gasteiger partial charge in [-0.25, -0.2) is 0 Å². The van der Waals surface area contributed by atoms with Crippen molar-refractivity contribution in [3.05, 3.63) is 30.3 Å². The Morgan fingerprint density at radius 1 is 0.750 bits per heavy atom. The highest BCUT2D eigenvalue weighted by molar-refractivity contribution is 7.27. The largest absolute Gasteiger partial charge is 0.106 e. The summed E-state index contributed by atoms with van der Waals surface area (Å²) in [6.45, 7) is 0. The molecule has 0 bridgehead atoms. The lowest BCUT2D eigenvalue weighted by atomic mass is 10.4. The Kier molecular flexibility index (Phi) is 5.03. The summed E-state index contributed by atoms with van der Waals surface area (Å²) >= 11 is 0. The van der Waals surface area contributed by atoms with Crippen LogP contribution in [0.1, 0.15) is 32.1 Å². The van der Waals surface area contributed by atoms with Crippen LogP contribution >= 0.6 is 9.24 Å². The average Bonchev–Trinajstić information content (AvgIpc) is 2.62. The lowest BCUT2D eigenvalue weighted by Crippen LogP contribution is -1.82. The van der Waals surface area contributed by atoms with Gasteiger partial charge in [0, 0.05) is 0 Å². The fraction of sp³-hybridized carbons (Fsp3) is 0.455. The molecule has 0 radical (unpaired) electrons. The van der Waals surface area contributed by atoms with E-state index in [1.165, 1.54) is 37.4 Å². The molecule has 66 valence electrons. The topological polar surface area (TPSA) is 0 Å². The van der Waals surface area contributed by atoms with Gasteiger partial charge in [-0.3, -0.25) is 0 Å². The van der Waals surface area contributed by atoms with E-state index in [0.717, 1.165) is 0 Å². The van der Waals surface area contributed by atoms with E-state index in [4.69, 9.17) is 0 Å². The maximum Gasteiger partial charge on any atom is -0.0303 e. The van der Waals surface area contributed by atoms with E-state index in [1.54, 1.807) is 0 Å². The SMILES string of the molecule is C1CCCC1.Pc1ccccc1. The maximum atomic E-state index is 2.63. The van der Waals surface area contributed by atoms with Crippen LogP contribution in [-0.4, -0.2) is 0 Å². The molecule has 1 fully saturated rings. The third-order valence-electron chi connectivity index (χ3n) is 2.05. The van der Waals surface area contributed by atoms with E-state index >= 15 is 0 Å². The highest BCUT2D eigenvalue weighted by Crippen LogP contribution is 2.15. The molecular formula is C11H17P. The van der Waals surface area contributed by atoms with Crippen molar-refractivity contribution in [1.82, 2.24) is 0 Å². The first-order chi connectivity index (χ1) is 5.89. The summed E-state index contributed by atoms with van der Waals surface area (Å²) in [5.74, 6) is 0. The van der Waals surface area contributed by atoms with Crippen LogP contribution in [0, 0.1) is 0 Å². The molecule has 0 amide bonds. The molecule has 1 atom stereocenters. The van der Waals surface area contributed by atoms with Crippen LogP contribution in [0.2, 0.25) is 0 Å². The zero-order chi connectivity index (χ0) is 8.65. The minimum atomic E-state index is 1.24. The fourth-order valence-electron chi connectivity index (χ4n) is 1.34. The molecule has 2 rings (SSSR count). The average molecular weight is 180 g/mol. The van der Waals surface area contributed by atoms with Crippen LogP contribution in [-0.2, 0) is 0 Å². The Bertz CT molecular complexity index is 182. The van der Waals surface area contributed by atoms with Crippen molar-refractivity contribution in [2.45, 2.75) is 32.1 Å². The molecule has 0 heterocycles. The van der Waals surface area contributed by atoms with Gasteiger partial charge in [-0.05, 0) is 5.30 Å². The van der Waals surface area contributed by atoms with Crippen LogP contribution in [0.5, 0.6) is 0 Å². The van der Waals surface area contributed by atoms with E-state index in [9.17, 15) is 0 Å². The summed E-state index contributed by atoms with van der Waals surface area (Å²) in [5, 5.41) is 1.24. The minimum Gasteiger partial charge on any atom is -0.106 e. The van der Waals surface area contributed by atoms with E-state index in [0.29, 0.717) is 0 Å². The summed E-state index contributed by atoms with van der Waals surface area (Å²) < 4.78 is 0. The molecule has 0 N–H and O–H groups in total. The van der Waals surface area contributed by atoms with Crippen LogP contribution in [0.4, 0.5) is 0 Å². The van der Waals surface area contributed by atoms with E-state index in [-0.39, 0.29) is 0 Å². The van der Waals surface area contributed by atoms with Gasteiger partial charge in [0.15, 0.2) is 0 Å². The van der Waals surface area contributed by atoms with Gasteiger partial charge in [-0.2, -0.15) is 0 Å². The predicted molar refractivity (Wildman–Crippen MR) is 58.9 cm³/mol. The Morgan fingerprint density at radius 3 is 1.42 bits per heavy atom. The van der Waals surface area contributed by atoms with Gasteiger partial charge in [0.1, 0.15) is 0 Å². The molecule has 1 unspecified atom stereocenters. The molecule has 0 spiro atoms. The molecule has 1 aromatic carbocycles. The molecule has 0 aliphatic heterocycles. The summed E-state index contributed by atoms with van der Waals surface area (Å²) in [7, 11) is 2.63. The lowest BCUT2D eigenvalue weighted by molar-refractivity contribution is 0.886. The highest BCUT2D eigenvalue weighted by Gasteiger charge is 1.95. The summed E-state index contributed by atoms with van der Waals surface area (Å²) in [6.07, 6.45) is 7.50. The lowest BCUT2D eigenvalue weighted by Gasteiger charge is -1.82. The first-order valence-corrected chi connectivity index (χ1v) is 5.28. The van der Waals surface area contributed by atoms with Crippen LogP contribution in [0.15, 0.2) is 30.3 Å². The zero-order valence-electron chi connectivity index (χ0n) is 7.50. The third kappa shape index (κ3) is 4.51. The quantitative estimate of drug-likeness (QED) is 0.538. The maximum absolute atomic E-state index is 2.63. The van der Waals surface area contributed by atoms with Gasteiger partial charge in [0.05, 0.1) is 0 Å². The fourth-order valence-corrected chi connectivity index (χ4v) is 1.56. The predicted octanol–water partition coefficient (Wildman–Crippen LogP) is 3.14. The van der Waals surface area contributed by atoms with Crippen molar-refractivity contribution in [3.8, 4) is 0 Å². The number of hydrogen-bond donors (Lipinski definition) is 0. The number of benzene rings is 1. The van der Waals surface area contributed by atoms with E-state index < -0.39 is 0 Å². The Labute approximate surface area is 77.6 Å². The molecule has 1 aliphatic carbocycles. The van der Waals surface area contributed by atoms with Crippen molar-refractivity contribution in [1.29, 1.82) is 0 Å². The first-order valence-electron chi connectivity index (χ1n) is 4.70. The minimum absolute atomic E-state index is 1.24. The van der Waals surface area contributed by atoms with Crippen molar-refractivity contribution < 1.29 is 0 Å². The first kappa shape index (κ1) is 9.74. The Balaban J connectivity index is 0.000000127. The Hall–Kier alpha value is -0.350. The molecule has 1 saturated carbocycles. The van der Waals surface area contributed by atoms with Gasteiger partial charge in [0.2, 0.25) is 0 Å². The molecule has 1 aliphatic rings. The summed E-state index contributed by atoms with van der Waals surface area (Å²) in [4.78, 5) is 0. The molecule has 0 saturated heterocycles. The van der Waals surface area contributed by atoms with Gasteiger partial charge < -0.3 is 0 Å². The molecule has 1 heteroatoms. The highest BCUT2D eigenvalue weighted by atomic mass is 31.0. The molecular weight excluding hydrogens is 163 g/mol. The third-order valence-corrected chi connectivity index (χ3v) is 2.43. The number of rotatable bonds is 0. The monoisotopic (exact) mass is 180 g/mol. The van der Waals surface area contributed by atoms with Crippen molar-refractivity contribution in [2.75, 3.05) is 0 Å². The second kappa shape index (κ2) is 6.20. The molecule has 0 nitrogen and oxygen atoms in total. The Morgan fingerprint density at radius 2 is 1.17 bits per heavy atom. The van der Waals surface area contributed by atoms with Gasteiger partial charge >= 0.3 is 0 Å². The molecule has 0 aromatic heterocycles. The number of hydrogen-bond acceptors (Lipinski definition) is 0. The van der Waals surface area contributed by atoms with Crippen LogP contribution < -0.4 is 5.30 Å². The van der Waals surface area contributed by atoms with Gasteiger partial charge in [-0.1, -0.05) is 62.4 Å². The zero-order valence-corrected chi connectivity index (χ0v) is 8.65. The van der Waals surface area contributed by atoms with Crippen molar-refractivity contribution >= 4 is 14.5 Å². The summed E-state index contributed by atoms with van der Waals surface area (Å²) in [5.41, 5.74) is 0.